The average Bonchev–Trinajstić information content (AvgIpc) is 2.85. The fraction of sp³-hybridized carbons (Fsp3) is 0.444. The highest BCUT2D eigenvalue weighted by atomic mass is 35.5. The van der Waals surface area contributed by atoms with Crippen molar-refractivity contribution in [2.24, 2.45) is 0 Å². The quantitative estimate of drug-likeness (QED) is 0.854. The van der Waals surface area contributed by atoms with Crippen molar-refractivity contribution in [2.45, 2.75) is 39.2 Å². The number of piperidine rings is 1. The van der Waals surface area contributed by atoms with Crippen molar-refractivity contribution in [1.82, 2.24) is 20.4 Å². The smallest absolute Gasteiger partial charge is 0.224 e. The molecular formula is C18H24Cl2N4O. The van der Waals surface area contributed by atoms with Crippen molar-refractivity contribution in [2.75, 3.05) is 13.1 Å². The molecule has 1 amide bonds. The van der Waals surface area contributed by atoms with Gasteiger partial charge in [0, 0.05) is 28.9 Å². The monoisotopic (exact) mass is 382 g/mol. The number of amides is 1. The Hall–Kier alpha value is -1.56. The average molecular weight is 383 g/mol. The van der Waals surface area contributed by atoms with E-state index in [1.807, 2.05) is 42.8 Å². The van der Waals surface area contributed by atoms with E-state index < -0.39 is 0 Å². The molecule has 0 saturated carbocycles. The van der Waals surface area contributed by atoms with E-state index in [0.717, 1.165) is 48.6 Å². The highest BCUT2D eigenvalue weighted by Gasteiger charge is 2.19. The SMILES string of the molecule is Cc1nn(-c2ccc(Cl)cc2)c(C)c1CC(=O)N[C@H]1CCCNC1.Cl. The molecule has 0 aliphatic carbocycles. The summed E-state index contributed by atoms with van der Waals surface area (Å²) in [5.74, 6) is 0.0607. The lowest BCUT2D eigenvalue weighted by Gasteiger charge is -2.23. The van der Waals surface area contributed by atoms with Gasteiger partial charge in [-0.3, -0.25) is 4.79 Å². The molecule has 1 saturated heterocycles. The highest BCUT2D eigenvalue weighted by Crippen LogP contribution is 2.20. The Bertz CT molecular complexity index is 721. The molecule has 1 aliphatic rings. The summed E-state index contributed by atoms with van der Waals surface area (Å²) < 4.78 is 1.87. The van der Waals surface area contributed by atoms with Crippen molar-refractivity contribution < 1.29 is 4.79 Å². The molecule has 3 rings (SSSR count). The number of carbonyl (C=O) groups excluding carboxylic acids is 1. The summed E-state index contributed by atoms with van der Waals surface area (Å²) in [5.41, 5.74) is 3.82. The molecular weight excluding hydrogens is 359 g/mol. The van der Waals surface area contributed by atoms with Gasteiger partial charge in [-0.2, -0.15) is 5.10 Å². The third kappa shape index (κ3) is 4.75. The molecule has 0 radical (unpaired) electrons. The van der Waals surface area contributed by atoms with Crippen LogP contribution in [0.15, 0.2) is 24.3 Å². The van der Waals surface area contributed by atoms with Crippen LogP contribution in [0.1, 0.15) is 29.8 Å². The van der Waals surface area contributed by atoms with Crippen LogP contribution in [0, 0.1) is 13.8 Å². The van der Waals surface area contributed by atoms with Crippen LogP contribution in [-0.2, 0) is 11.2 Å². The van der Waals surface area contributed by atoms with Crippen LogP contribution in [-0.4, -0.2) is 34.8 Å². The normalized spacial score (nSPS) is 17.0. The summed E-state index contributed by atoms with van der Waals surface area (Å²) in [6.07, 6.45) is 2.51. The third-order valence-corrected chi connectivity index (χ3v) is 4.76. The van der Waals surface area contributed by atoms with Crippen LogP contribution >= 0.6 is 24.0 Å². The van der Waals surface area contributed by atoms with E-state index in [-0.39, 0.29) is 24.4 Å². The number of hydrogen-bond donors (Lipinski definition) is 2. The molecule has 7 heteroatoms. The maximum absolute atomic E-state index is 12.4. The zero-order valence-electron chi connectivity index (χ0n) is 14.5. The zero-order valence-corrected chi connectivity index (χ0v) is 16.1. The Balaban J connectivity index is 0.00000225. The van der Waals surface area contributed by atoms with Gasteiger partial charge in [0.15, 0.2) is 0 Å². The van der Waals surface area contributed by atoms with E-state index in [1.54, 1.807) is 0 Å². The summed E-state index contributed by atoms with van der Waals surface area (Å²) >= 11 is 5.95. The minimum absolute atomic E-state index is 0. The van der Waals surface area contributed by atoms with Crippen LogP contribution in [0.2, 0.25) is 5.02 Å². The number of rotatable bonds is 4. The first-order valence-electron chi connectivity index (χ1n) is 8.35. The number of aromatic nitrogens is 2. The van der Waals surface area contributed by atoms with Crippen molar-refractivity contribution in [3.63, 3.8) is 0 Å². The Morgan fingerprint density at radius 3 is 2.72 bits per heavy atom. The Labute approximate surface area is 159 Å². The van der Waals surface area contributed by atoms with Gasteiger partial charge in [-0.15, -0.1) is 12.4 Å². The standard InChI is InChI=1S/C18H23ClN4O.ClH/c1-12-17(10-18(24)21-15-4-3-9-20-11-15)13(2)23(22-12)16-7-5-14(19)6-8-16;/h5-8,15,20H,3-4,9-11H2,1-2H3,(H,21,24);1H/t15-;/m0./s1. The summed E-state index contributed by atoms with van der Waals surface area (Å²) in [5, 5.41) is 11.7. The minimum atomic E-state index is 0. The molecule has 5 nitrogen and oxygen atoms in total. The molecule has 1 atom stereocenters. The fourth-order valence-electron chi connectivity index (χ4n) is 3.18. The van der Waals surface area contributed by atoms with Crippen molar-refractivity contribution >= 4 is 29.9 Å². The second-order valence-electron chi connectivity index (χ2n) is 6.33. The highest BCUT2D eigenvalue weighted by molar-refractivity contribution is 6.30. The number of carbonyl (C=O) groups is 1. The molecule has 1 aliphatic heterocycles. The molecule has 1 fully saturated rings. The van der Waals surface area contributed by atoms with E-state index in [9.17, 15) is 4.79 Å². The van der Waals surface area contributed by atoms with Crippen molar-refractivity contribution in [1.29, 1.82) is 0 Å². The Morgan fingerprint density at radius 1 is 1.36 bits per heavy atom. The number of hydrogen-bond acceptors (Lipinski definition) is 3. The molecule has 1 aromatic heterocycles. The molecule has 1 aromatic carbocycles. The first-order valence-corrected chi connectivity index (χ1v) is 8.73. The predicted octanol–water partition coefficient (Wildman–Crippen LogP) is 2.98. The summed E-state index contributed by atoms with van der Waals surface area (Å²) in [6, 6.07) is 7.78. The Morgan fingerprint density at radius 2 is 2.08 bits per heavy atom. The molecule has 136 valence electrons. The molecule has 2 N–H and O–H groups in total. The Kier molecular flexibility index (Phi) is 6.87. The molecule has 0 unspecified atom stereocenters. The largest absolute Gasteiger partial charge is 0.352 e. The second kappa shape index (κ2) is 8.70. The van der Waals surface area contributed by atoms with E-state index >= 15 is 0 Å². The molecule has 0 spiro atoms. The van der Waals surface area contributed by atoms with Gasteiger partial charge in [-0.05, 0) is 57.5 Å². The summed E-state index contributed by atoms with van der Waals surface area (Å²) in [6.45, 7) is 5.84. The van der Waals surface area contributed by atoms with Gasteiger partial charge in [-0.25, -0.2) is 4.68 Å². The van der Waals surface area contributed by atoms with Gasteiger partial charge >= 0.3 is 0 Å². The number of nitrogens with zero attached hydrogens (tertiary/aromatic N) is 2. The summed E-state index contributed by atoms with van der Waals surface area (Å²) in [7, 11) is 0. The fourth-order valence-corrected chi connectivity index (χ4v) is 3.30. The number of aryl methyl sites for hydroxylation is 1. The van der Waals surface area contributed by atoms with Gasteiger partial charge in [-0.1, -0.05) is 11.6 Å². The van der Waals surface area contributed by atoms with Crippen molar-refractivity contribution in [3.8, 4) is 5.69 Å². The predicted molar refractivity (Wildman–Crippen MR) is 103 cm³/mol. The maximum Gasteiger partial charge on any atom is 0.224 e. The number of halogens is 2. The minimum Gasteiger partial charge on any atom is -0.352 e. The lowest BCUT2D eigenvalue weighted by molar-refractivity contribution is -0.121. The van der Waals surface area contributed by atoms with E-state index in [1.165, 1.54) is 0 Å². The summed E-state index contributed by atoms with van der Waals surface area (Å²) in [4.78, 5) is 12.4. The second-order valence-corrected chi connectivity index (χ2v) is 6.76. The lowest BCUT2D eigenvalue weighted by Crippen LogP contribution is -2.46. The lowest BCUT2D eigenvalue weighted by atomic mass is 10.1. The topological polar surface area (TPSA) is 59.0 Å². The molecule has 2 heterocycles. The van der Waals surface area contributed by atoms with E-state index in [0.29, 0.717) is 11.4 Å². The molecule has 2 aromatic rings. The van der Waals surface area contributed by atoms with Gasteiger partial charge in [0.05, 0.1) is 17.8 Å². The third-order valence-electron chi connectivity index (χ3n) is 4.51. The van der Waals surface area contributed by atoms with Gasteiger partial charge in [0.2, 0.25) is 5.91 Å². The van der Waals surface area contributed by atoms with Gasteiger partial charge in [0.1, 0.15) is 0 Å². The van der Waals surface area contributed by atoms with Crippen LogP contribution in [0.25, 0.3) is 5.69 Å². The van der Waals surface area contributed by atoms with E-state index in [4.69, 9.17) is 11.6 Å². The van der Waals surface area contributed by atoms with Crippen LogP contribution in [0.3, 0.4) is 0 Å². The maximum atomic E-state index is 12.4. The van der Waals surface area contributed by atoms with Crippen molar-refractivity contribution in [3.05, 3.63) is 46.2 Å². The molecule has 25 heavy (non-hydrogen) atoms. The number of nitrogens with one attached hydrogen (secondary N) is 2. The van der Waals surface area contributed by atoms with Crippen LogP contribution in [0.5, 0.6) is 0 Å². The zero-order chi connectivity index (χ0) is 17.1. The number of benzene rings is 1. The first kappa shape index (κ1) is 19.8. The first-order chi connectivity index (χ1) is 11.5. The van der Waals surface area contributed by atoms with Gasteiger partial charge < -0.3 is 10.6 Å². The molecule has 0 bridgehead atoms. The van der Waals surface area contributed by atoms with Crippen LogP contribution in [0.4, 0.5) is 0 Å². The van der Waals surface area contributed by atoms with Gasteiger partial charge in [0.25, 0.3) is 0 Å². The van der Waals surface area contributed by atoms with E-state index in [2.05, 4.69) is 15.7 Å². The van der Waals surface area contributed by atoms with Crippen LogP contribution < -0.4 is 10.6 Å².